The standard InChI is InChI=1S/C2H5N.CH3NO2/c1-2-3;2-1(3)4/h2H,1,3H2;2H2,(H,3,4). The van der Waals surface area contributed by atoms with Crippen LogP contribution in [0.15, 0.2) is 12.8 Å². The molecule has 0 aliphatic heterocycles. The van der Waals surface area contributed by atoms with Crippen LogP contribution in [0.25, 0.3) is 0 Å². The van der Waals surface area contributed by atoms with Crippen LogP contribution in [0.2, 0.25) is 0 Å². The van der Waals surface area contributed by atoms with Crippen molar-refractivity contribution in [1.82, 2.24) is 0 Å². The smallest absolute Gasteiger partial charge is 0.402 e. The molecule has 0 aromatic carbocycles. The second kappa shape index (κ2) is 8.84. The normalized spacial score (nSPS) is 5.14. The molecule has 1 amide bonds. The molecule has 0 rings (SSSR count). The lowest BCUT2D eigenvalue weighted by atomic mass is 11.1. The van der Waals surface area contributed by atoms with E-state index in [2.05, 4.69) is 18.0 Å². The molecular formula is C3H8N2O2. The van der Waals surface area contributed by atoms with Crippen molar-refractivity contribution in [2.24, 2.45) is 11.5 Å². The molecule has 0 unspecified atom stereocenters. The summed E-state index contributed by atoms with van der Waals surface area (Å²) < 4.78 is 0. The number of carbonyl (C=O) groups is 1. The van der Waals surface area contributed by atoms with E-state index in [-0.39, 0.29) is 0 Å². The van der Waals surface area contributed by atoms with Gasteiger partial charge in [0, 0.05) is 0 Å². The Morgan fingerprint density at radius 1 is 1.86 bits per heavy atom. The summed E-state index contributed by atoms with van der Waals surface area (Å²) in [5.74, 6) is 0. The molecule has 0 spiro atoms. The first kappa shape index (κ1) is 9.26. The Morgan fingerprint density at radius 3 is 1.86 bits per heavy atom. The predicted octanol–water partition coefficient (Wildman–Crippen LogP) is -0.288. The van der Waals surface area contributed by atoms with Crippen LogP contribution in [0, 0.1) is 0 Å². The first-order chi connectivity index (χ1) is 3.15. The van der Waals surface area contributed by atoms with Crippen molar-refractivity contribution in [3.63, 3.8) is 0 Å². The van der Waals surface area contributed by atoms with Gasteiger partial charge in [-0.1, -0.05) is 6.58 Å². The maximum atomic E-state index is 8.78. The van der Waals surface area contributed by atoms with Crippen molar-refractivity contribution in [3.8, 4) is 0 Å². The largest absolute Gasteiger partial charge is 0.465 e. The van der Waals surface area contributed by atoms with Crippen molar-refractivity contribution in [3.05, 3.63) is 12.8 Å². The van der Waals surface area contributed by atoms with Crippen LogP contribution in [0.4, 0.5) is 4.79 Å². The molecule has 0 aromatic rings. The third kappa shape index (κ3) is 26.8. The minimum absolute atomic E-state index is 1.25. The van der Waals surface area contributed by atoms with Crippen LogP contribution in [0.5, 0.6) is 0 Å². The molecule has 4 heteroatoms. The van der Waals surface area contributed by atoms with Crippen molar-refractivity contribution in [1.29, 1.82) is 0 Å². The van der Waals surface area contributed by atoms with Gasteiger partial charge in [0.2, 0.25) is 0 Å². The van der Waals surface area contributed by atoms with Gasteiger partial charge in [-0.05, 0) is 6.20 Å². The molecule has 5 N–H and O–H groups in total. The molecule has 0 saturated carbocycles. The molecule has 0 bridgehead atoms. The van der Waals surface area contributed by atoms with Gasteiger partial charge in [0.05, 0.1) is 0 Å². The zero-order valence-corrected chi connectivity index (χ0v) is 3.79. The lowest BCUT2D eigenvalue weighted by Gasteiger charge is -1.61. The number of amides is 1. The molecule has 0 aliphatic rings. The van der Waals surface area contributed by atoms with E-state index in [4.69, 9.17) is 9.90 Å². The van der Waals surface area contributed by atoms with Gasteiger partial charge in [-0.15, -0.1) is 0 Å². The number of nitrogens with two attached hydrogens (primary N) is 2. The summed E-state index contributed by atoms with van der Waals surface area (Å²) >= 11 is 0. The highest BCUT2D eigenvalue weighted by molar-refractivity contribution is 5.61. The Morgan fingerprint density at radius 2 is 1.86 bits per heavy atom. The van der Waals surface area contributed by atoms with Crippen LogP contribution in [0.3, 0.4) is 0 Å². The third-order valence-electron chi connectivity index (χ3n) is 0. The Labute approximate surface area is 41.4 Å². The van der Waals surface area contributed by atoms with Gasteiger partial charge in [-0.25, -0.2) is 4.79 Å². The van der Waals surface area contributed by atoms with Crippen LogP contribution in [-0.4, -0.2) is 11.2 Å². The average Bonchev–Trinajstić information content (AvgIpc) is 1.33. The van der Waals surface area contributed by atoms with E-state index in [9.17, 15) is 0 Å². The third-order valence-corrected chi connectivity index (χ3v) is 0. The first-order valence-electron chi connectivity index (χ1n) is 1.46. The Balaban J connectivity index is 0. The summed E-state index contributed by atoms with van der Waals surface area (Å²) in [6.45, 7) is 3.14. The van der Waals surface area contributed by atoms with Crippen molar-refractivity contribution >= 4 is 6.09 Å². The Bertz CT molecular complexity index is 58.0. The second-order valence-corrected chi connectivity index (χ2v) is 0.574. The van der Waals surface area contributed by atoms with Gasteiger partial charge in [0.25, 0.3) is 0 Å². The summed E-state index contributed by atoms with van der Waals surface area (Å²) in [5.41, 5.74) is 8.64. The maximum absolute atomic E-state index is 8.78. The van der Waals surface area contributed by atoms with E-state index in [1.54, 1.807) is 0 Å². The summed E-state index contributed by atoms with van der Waals surface area (Å²) in [5, 5.41) is 7.19. The molecule has 0 heterocycles. The molecule has 42 valence electrons. The minimum Gasteiger partial charge on any atom is -0.465 e. The predicted molar refractivity (Wildman–Crippen MR) is 26.6 cm³/mol. The monoisotopic (exact) mass is 104 g/mol. The molecule has 4 nitrogen and oxygen atoms in total. The number of hydrogen-bond donors (Lipinski definition) is 3. The van der Waals surface area contributed by atoms with E-state index in [0.717, 1.165) is 0 Å². The zero-order valence-electron chi connectivity index (χ0n) is 3.79. The number of primary amides is 1. The van der Waals surface area contributed by atoms with Crippen molar-refractivity contribution in [2.75, 3.05) is 0 Å². The number of hydrogen-bond acceptors (Lipinski definition) is 2. The fourth-order valence-corrected chi connectivity index (χ4v) is 0. The fourth-order valence-electron chi connectivity index (χ4n) is 0. The molecule has 0 aliphatic carbocycles. The lowest BCUT2D eigenvalue weighted by Crippen LogP contribution is -2.03. The van der Waals surface area contributed by atoms with Crippen LogP contribution in [0.1, 0.15) is 0 Å². The van der Waals surface area contributed by atoms with E-state index >= 15 is 0 Å². The van der Waals surface area contributed by atoms with Gasteiger partial charge in [-0.2, -0.15) is 0 Å². The topological polar surface area (TPSA) is 89.3 Å². The molecule has 0 fully saturated rings. The highest BCUT2D eigenvalue weighted by atomic mass is 16.4. The number of carboxylic acid groups (broad SMARTS) is 1. The molecule has 0 saturated heterocycles. The molecule has 0 atom stereocenters. The van der Waals surface area contributed by atoms with Gasteiger partial charge >= 0.3 is 6.09 Å². The van der Waals surface area contributed by atoms with Crippen LogP contribution >= 0.6 is 0 Å². The summed E-state index contributed by atoms with van der Waals surface area (Å²) in [4.78, 5) is 8.78. The van der Waals surface area contributed by atoms with Gasteiger partial charge in [-0.3, -0.25) is 0 Å². The molecular weight excluding hydrogens is 96.0 g/mol. The summed E-state index contributed by atoms with van der Waals surface area (Å²) in [6.07, 6.45) is -0.0833. The van der Waals surface area contributed by atoms with E-state index < -0.39 is 6.09 Å². The summed E-state index contributed by atoms with van der Waals surface area (Å²) in [6, 6.07) is 0. The van der Waals surface area contributed by atoms with Crippen LogP contribution in [-0.2, 0) is 0 Å². The Hall–Kier alpha value is -1.19. The van der Waals surface area contributed by atoms with Crippen LogP contribution < -0.4 is 11.5 Å². The van der Waals surface area contributed by atoms with Crippen molar-refractivity contribution in [2.45, 2.75) is 0 Å². The van der Waals surface area contributed by atoms with Gasteiger partial charge < -0.3 is 16.6 Å². The highest BCUT2D eigenvalue weighted by Crippen LogP contribution is 1.34. The SMILES string of the molecule is C=CN.NC(=O)O. The van der Waals surface area contributed by atoms with Crippen molar-refractivity contribution < 1.29 is 9.90 Å². The van der Waals surface area contributed by atoms with E-state index in [1.165, 1.54) is 6.20 Å². The average molecular weight is 104 g/mol. The number of rotatable bonds is 0. The van der Waals surface area contributed by atoms with Gasteiger partial charge in [0.1, 0.15) is 0 Å². The minimum atomic E-state index is -1.33. The quantitative estimate of drug-likeness (QED) is 0.394. The first-order valence-corrected chi connectivity index (χ1v) is 1.46. The Kier molecular flexibility index (Phi) is 11.7. The molecule has 0 radical (unpaired) electrons. The molecule has 0 aromatic heterocycles. The van der Waals surface area contributed by atoms with E-state index in [0.29, 0.717) is 0 Å². The van der Waals surface area contributed by atoms with E-state index in [1.807, 2.05) is 0 Å². The zero-order chi connectivity index (χ0) is 6.28. The maximum Gasteiger partial charge on any atom is 0.402 e. The second-order valence-electron chi connectivity index (χ2n) is 0.574. The van der Waals surface area contributed by atoms with Gasteiger partial charge in [0.15, 0.2) is 0 Å². The lowest BCUT2D eigenvalue weighted by molar-refractivity contribution is 0.205. The summed E-state index contributed by atoms with van der Waals surface area (Å²) in [7, 11) is 0. The highest BCUT2D eigenvalue weighted by Gasteiger charge is 1.65. The fraction of sp³-hybridized carbons (Fsp3) is 0. The molecule has 7 heavy (non-hydrogen) atoms.